The van der Waals surface area contributed by atoms with Gasteiger partial charge in [0, 0.05) is 12.1 Å². The zero-order valence-corrected chi connectivity index (χ0v) is 9.35. The van der Waals surface area contributed by atoms with Gasteiger partial charge in [-0.15, -0.1) is 0 Å². The minimum absolute atomic E-state index is 0.0509. The van der Waals surface area contributed by atoms with Crippen molar-refractivity contribution in [1.82, 2.24) is 4.31 Å². The van der Waals surface area contributed by atoms with Crippen molar-refractivity contribution in [1.29, 1.82) is 0 Å². The summed E-state index contributed by atoms with van der Waals surface area (Å²) in [6, 6.07) is 0.148. The lowest BCUT2D eigenvalue weighted by Crippen LogP contribution is -2.42. The summed E-state index contributed by atoms with van der Waals surface area (Å²) in [5, 5.41) is 0. The maximum absolute atomic E-state index is 11.3. The highest BCUT2D eigenvalue weighted by atomic mass is 32.2. The van der Waals surface area contributed by atoms with E-state index >= 15 is 0 Å². The number of hydrogen-bond acceptors (Lipinski definition) is 2. The molecule has 0 spiro atoms. The Morgan fingerprint density at radius 1 is 1.25 bits per heavy atom. The number of nitrogens with zero attached hydrogens (tertiary/aromatic N) is 1. The molecule has 0 aliphatic rings. The molecule has 0 aliphatic heterocycles. The Morgan fingerprint density at radius 2 is 1.67 bits per heavy atom. The largest absolute Gasteiger partial charge is 0.212 e. The molecule has 0 radical (unpaired) electrons. The molecule has 0 heterocycles. The summed E-state index contributed by atoms with van der Waals surface area (Å²) < 4.78 is 24.1. The van der Waals surface area contributed by atoms with Crippen molar-refractivity contribution in [3.63, 3.8) is 0 Å². The smallest absolute Gasteiger partial charge is 0.211 e. The monoisotopic (exact) mass is 193 g/mol. The van der Waals surface area contributed by atoms with Crippen LogP contribution in [-0.2, 0) is 10.0 Å². The van der Waals surface area contributed by atoms with Crippen molar-refractivity contribution >= 4 is 10.0 Å². The van der Waals surface area contributed by atoms with E-state index in [2.05, 4.69) is 0 Å². The number of hydrogen-bond donors (Lipinski definition) is 0. The van der Waals surface area contributed by atoms with Gasteiger partial charge in [0.15, 0.2) is 0 Å². The van der Waals surface area contributed by atoms with Gasteiger partial charge in [0.05, 0.1) is 6.26 Å². The van der Waals surface area contributed by atoms with Gasteiger partial charge in [-0.25, -0.2) is 8.42 Å². The molecule has 12 heavy (non-hydrogen) atoms. The molecule has 0 aromatic carbocycles. The maximum Gasteiger partial charge on any atom is 0.211 e. The summed E-state index contributed by atoms with van der Waals surface area (Å²) in [6.45, 7) is 7.71. The van der Waals surface area contributed by atoms with Crippen molar-refractivity contribution in [2.45, 2.75) is 46.2 Å². The minimum Gasteiger partial charge on any atom is -0.212 e. The van der Waals surface area contributed by atoms with Crippen LogP contribution in [0.15, 0.2) is 0 Å². The topological polar surface area (TPSA) is 37.4 Å². The van der Waals surface area contributed by atoms with Crippen LogP contribution in [0.3, 0.4) is 0 Å². The number of sulfonamides is 1. The van der Waals surface area contributed by atoms with Gasteiger partial charge in [0.1, 0.15) is 0 Å². The number of rotatable bonds is 4. The summed E-state index contributed by atoms with van der Waals surface area (Å²) in [6.07, 6.45) is 2.12. The second-order valence-corrected chi connectivity index (χ2v) is 5.33. The average molecular weight is 193 g/mol. The van der Waals surface area contributed by atoms with Crippen molar-refractivity contribution in [2.24, 2.45) is 0 Å². The first-order valence-electron chi connectivity index (χ1n) is 4.29. The first-order valence-corrected chi connectivity index (χ1v) is 6.14. The van der Waals surface area contributed by atoms with Crippen LogP contribution in [-0.4, -0.2) is 31.1 Å². The van der Waals surface area contributed by atoms with Crippen molar-refractivity contribution < 1.29 is 8.42 Å². The lowest BCUT2D eigenvalue weighted by molar-refractivity contribution is 0.283. The van der Waals surface area contributed by atoms with Crippen LogP contribution in [0.5, 0.6) is 0 Å². The highest BCUT2D eigenvalue weighted by molar-refractivity contribution is 7.88. The predicted molar refractivity (Wildman–Crippen MR) is 51.6 cm³/mol. The third-order valence-electron chi connectivity index (χ3n) is 1.92. The summed E-state index contributed by atoms with van der Waals surface area (Å²) in [4.78, 5) is 0. The van der Waals surface area contributed by atoms with Gasteiger partial charge >= 0.3 is 0 Å². The van der Waals surface area contributed by atoms with Gasteiger partial charge in [-0.2, -0.15) is 4.31 Å². The van der Waals surface area contributed by atoms with Gasteiger partial charge in [0.25, 0.3) is 0 Å². The third-order valence-corrected chi connectivity index (χ3v) is 3.46. The van der Waals surface area contributed by atoms with E-state index in [0.29, 0.717) is 0 Å². The lowest BCUT2D eigenvalue weighted by Gasteiger charge is -2.29. The van der Waals surface area contributed by atoms with E-state index in [1.807, 2.05) is 27.7 Å². The molecule has 0 aromatic heterocycles. The Balaban J connectivity index is 4.69. The average Bonchev–Trinajstić information content (AvgIpc) is 1.83. The van der Waals surface area contributed by atoms with Gasteiger partial charge < -0.3 is 0 Å². The SMILES string of the molecule is CCC(C)N(C(C)C)S(C)(=O)=O. The van der Waals surface area contributed by atoms with E-state index in [1.54, 1.807) is 4.31 Å². The second-order valence-electron chi connectivity index (χ2n) is 3.44. The van der Waals surface area contributed by atoms with E-state index in [4.69, 9.17) is 0 Å². The maximum atomic E-state index is 11.3. The Kier molecular flexibility index (Phi) is 4.20. The van der Waals surface area contributed by atoms with Crippen LogP contribution in [0.4, 0.5) is 0 Å². The molecule has 1 atom stereocenters. The molecule has 0 saturated carbocycles. The molecule has 4 heteroatoms. The molecule has 0 bridgehead atoms. The van der Waals surface area contributed by atoms with E-state index < -0.39 is 10.0 Å². The summed E-state index contributed by atoms with van der Waals surface area (Å²) in [5.41, 5.74) is 0. The Morgan fingerprint density at radius 3 is 1.75 bits per heavy atom. The second kappa shape index (κ2) is 4.23. The quantitative estimate of drug-likeness (QED) is 0.677. The summed E-state index contributed by atoms with van der Waals surface area (Å²) >= 11 is 0. The van der Waals surface area contributed by atoms with Gasteiger partial charge in [-0.1, -0.05) is 6.92 Å². The van der Waals surface area contributed by atoms with Crippen LogP contribution >= 0.6 is 0 Å². The molecule has 0 N–H and O–H groups in total. The molecular formula is C8H19NO2S. The van der Waals surface area contributed by atoms with E-state index in [-0.39, 0.29) is 12.1 Å². The molecule has 74 valence electrons. The van der Waals surface area contributed by atoms with Crippen LogP contribution in [0.25, 0.3) is 0 Å². The molecule has 0 aliphatic carbocycles. The van der Waals surface area contributed by atoms with Gasteiger partial charge in [-0.3, -0.25) is 0 Å². The molecule has 0 rings (SSSR count). The summed E-state index contributed by atoms with van der Waals surface area (Å²) in [5.74, 6) is 0. The zero-order valence-electron chi connectivity index (χ0n) is 8.53. The Bertz CT molecular complexity index is 221. The minimum atomic E-state index is -3.04. The van der Waals surface area contributed by atoms with Crippen molar-refractivity contribution in [2.75, 3.05) is 6.26 Å². The molecule has 0 aromatic rings. The molecule has 1 unspecified atom stereocenters. The third kappa shape index (κ3) is 3.11. The van der Waals surface area contributed by atoms with E-state index in [0.717, 1.165) is 6.42 Å². The Labute approximate surface area is 75.8 Å². The molecule has 0 fully saturated rings. The first kappa shape index (κ1) is 11.9. The van der Waals surface area contributed by atoms with Crippen LogP contribution in [0, 0.1) is 0 Å². The standard InChI is InChI=1S/C8H19NO2S/c1-6-8(4)9(7(2)3)12(5,10)11/h7-8H,6H2,1-5H3. The normalized spacial score (nSPS) is 15.6. The van der Waals surface area contributed by atoms with E-state index in [9.17, 15) is 8.42 Å². The van der Waals surface area contributed by atoms with Crippen LogP contribution in [0.1, 0.15) is 34.1 Å². The summed E-state index contributed by atoms with van der Waals surface area (Å²) in [7, 11) is -3.04. The van der Waals surface area contributed by atoms with Crippen LogP contribution < -0.4 is 0 Å². The lowest BCUT2D eigenvalue weighted by atomic mass is 10.2. The molecular weight excluding hydrogens is 174 g/mol. The van der Waals surface area contributed by atoms with Gasteiger partial charge in [-0.05, 0) is 27.2 Å². The molecule has 0 saturated heterocycles. The van der Waals surface area contributed by atoms with Crippen LogP contribution in [0.2, 0.25) is 0 Å². The fraction of sp³-hybridized carbons (Fsp3) is 1.00. The molecule has 3 nitrogen and oxygen atoms in total. The predicted octanol–water partition coefficient (Wildman–Crippen LogP) is 1.45. The highest BCUT2D eigenvalue weighted by Crippen LogP contribution is 2.12. The fourth-order valence-electron chi connectivity index (χ4n) is 1.40. The molecule has 0 amide bonds. The Hall–Kier alpha value is -0.0900. The highest BCUT2D eigenvalue weighted by Gasteiger charge is 2.24. The van der Waals surface area contributed by atoms with E-state index in [1.165, 1.54) is 6.26 Å². The van der Waals surface area contributed by atoms with Crippen molar-refractivity contribution in [3.05, 3.63) is 0 Å². The van der Waals surface area contributed by atoms with Gasteiger partial charge in [0.2, 0.25) is 10.0 Å². The fourth-order valence-corrected chi connectivity index (χ4v) is 2.97. The zero-order chi connectivity index (χ0) is 9.94. The first-order chi connectivity index (χ1) is 5.30. The van der Waals surface area contributed by atoms with Crippen molar-refractivity contribution in [3.8, 4) is 0 Å².